The van der Waals surface area contributed by atoms with E-state index in [1.54, 1.807) is 5.57 Å². The molecule has 0 saturated heterocycles. The number of rotatable bonds is 8. The quantitative estimate of drug-likeness (QED) is 0.256. The zero-order valence-corrected chi connectivity index (χ0v) is 25.6. The molecule has 2 fully saturated rings. The van der Waals surface area contributed by atoms with Crippen LogP contribution in [0.5, 0.6) is 5.75 Å². The van der Waals surface area contributed by atoms with Crippen molar-refractivity contribution < 1.29 is 9.47 Å². The first-order chi connectivity index (χ1) is 20.3. The third-order valence-corrected chi connectivity index (χ3v) is 12.0. The Morgan fingerprint density at radius 3 is 1.80 bits per heavy atom. The average Bonchev–Trinajstić information content (AvgIpc) is 3.06. The smallest absolute Gasteiger partial charge is 0.123 e. The van der Waals surface area contributed by atoms with Crippen LogP contribution in [0.15, 0.2) is 96.1 Å². The molecule has 0 amide bonds. The highest BCUT2D eigenvalue weighted by Crippen LogP contribution is 2.48. The molecule has 0 aliphatic heterocycles. The predicted octanol–water partition coefficient (Wildman–Crippen LogP) is 8.38. The van der Waals surface area contributed by atoms with Gasteiger partial charge in [-0.15, -0.1) is 0 Å². The van der Waals surface area contributed by atoms with Gasteiger partial charge in [-0.2, -0.15) is 0 Å². The lowest BCUT2D eigenvalue weighted by atomic mass is 9.69. The molecule has 3 aromatic carbocycles. The molecular formula is C38H44O2P. The molecule has 0 aromatic heterocycles. The first-order valence-corrected chi connectivity index (χ1v) is 17.1. The van der Waals surface area contributed by atoms with Crippen molar-refractivity contribution in [1.29, 1.82) is 0 Å². The first-order valence-electron chi connectivity index (χ1n) is 15.7. The second kappa shape index (κ2) is 13.5. The molecule has 0 heterocycles. The minimum atomic E-state index is -0.795. The number of methoxy groups -OCH3 is 2. The van der Waals surface area contributed by atoms with Crippen molar-refractivity contribution in [1.82, 2.24) is 0 Å². The Balaban J connectivity index is 1.52. The standard InChI is InChI=1S/C38H44O2P/c1-39-35-24-15-25-37(41(30-20-11-5-12-21-30)31-22-13-6-14-23-31)38(35)34-26-32(28-16-7-3-8-17-28)33(27-36(34)40-2)29-18-9-4-10-19-29/h5-6,11-15,20-25,27-29,34,36H,3-4,7-10,16-19H2,1-2H3. The summed E-state index contributed by atoms with van der Waals surface area (Å²) in [5, 5.41) is 4.04. The fourth-order valence-corrected chi connectivity index (χ4v) is 9.97. The number of hydrogen-bond acceptors (Lipinski definition) is 2. The van der Waals surface area contributed by atoms with Crippen molar-refractivity contribution in [2.75, 3.05) is 14.2 Å². The molecule has 0 bridgehead atoms. The monoisotopic (exact) mass is 563 g/mol. The van der Waals surface area contributed by atoms with Crippen molar-refractivity contribution >= 4 is 23.8 Å². The molecule has 3 aromatic rings. The molecule has 213 valence electrons. The third-order valence-electron chi connectivity index (χ3n) is 9.47. The molecule has 41 heavy (non-hydrogen) atoms. The van der Waals surface area contributed by atoms with Gasteiger partial charge in [0, 0.05) is 18.6 Å². The van der Waals surface area contributed by atoms with Crippen LogP contribution < -0.4 is 20.7 Å². The van der Waals surface area contributed by atoms with E-state index >= 15 is 0 Å². The number of benzene rings is 3. The van der Waals surface area contributed by atoms with E-state index in [1.807, 2.05) is 14.2 Å². The van der Waals surface area contributed by atoms with Gasteiger partial charge < -0.3 is 9.47 Å². The van der Waals surface area contributed by atoms with E-state index in [0.29, 0.717) is 11.8 Å². The number of hydrogen-bond donors (Lipinski definition) is 0. The van der Waals surface area contributed by atoms with Gasteiger partial charge in [-0.25, -0.2) is 0 Å². The molecule has 2 saturated carbocycles. The van der Waals surface area contributed by atoms with Gasteiger partial charge in [0.1, 0.15) is 5.75 Å². The summed E-state index contributed by atoms with van der Waals surface area (Å²) in [6, 6.07) is 28.6. The summed E-state index contributed by atoms with van der Waals surface area (Å²) >= 11 is 0. The van der Waals surface area contributed by atoms with E-state index in [2.05, 4.69) is 91.0 Å². The topological polar surface area (TPSA) is 18.5 Å². The van der Waals surface area contributed by atoms with E-state index in [4.69, 9.17) is 9.47 Å². The van der Waals surface area contributed by atoms with Gasteiger partial charge in [0.25, 0.3) is 0 Å². The van der Waals surface area contributed by atoms with Crippen molar-refractivity contribution in [2.45, 2.75) is 76.2 Å². The maximum Gasteiger partial charge on any atom is 0.123 e. The summed E-state index contributed by atoms with van der Waals surface area (Å²) in [7, 11) is 2.90. The van der Waals surface area contributed by atoms with Crippen LogP contribution in [0.1, 0.15) is 75.7 Å². The Hall–Kier alpha value is -2.67. The third kappa shape index (κ3) is 6.11. The molecule has 3 aliphatic rings. The molecular weight excluding hydrogens is 519 g/mol. The van der Waals surface area contributed by atoms with Crippen LogP contribution >= 0.6 is 7.92 Å². The molecule has 0 N–H and O–H groups in total. The number of allylic oxidation sites excluding steroid dienone is 2. The van der Waals surface area contributed by atoms with Crippen molar-refractivity contribution in [2.24, 2.45) is 11.8 Å². The summed E-state index contributed by atoms with van der Waals surface area (Å²) in [6.45, 7) is 0. The Bertz CT molecular complexity index is 1290. The SMILES string of the molecule is COc1cccc(P(c2ccccc2)c2ccccc2)c1C1[C]=C(C2CCCCC2)C(C2CCCCC2)=CC1OC. The van der Waals surface area contributed by atoms with Crippen molar-refractivity contribution in [3.05, 3.63) is 108 Å². The van der Waals surface area contributed by atoms with Crippen LogP contribution in [0.3, 0.4) is 0 Å². The lowest BCUT2D eigenvalue weighted by molar-refractivity contribution is 0.122. The Morgan fingerprint density at radius 2 is 1.24 bits per heavy atom. The molecule has 3 heteroatoms. The molecule has 2 nitrogen and oxygen atoms in total. The fourth-order valence-electron chi connectivity index (χ4n) is 7.45. The Morgan fingerprint density at radius 1 is 0.659 bits per heavy atom. The molecule has 2 unspecified atom stereocenters. The summed E-state index contributed by atoms with van der Waals surface area (Å²) in [6.07, 6.45) is 20.0. The van der Waals surface area contributed by atoms with Crippen molar-refractivity contribution in [3.8, 4) is 5.75 Å². The second-order valence-corrected chi connectivity index (χ2v) is 14.1. The van der Waals surface area contributed by atoms with Crippen LogP contribution in [0.2, 0.25) is 0 Å². The Labute approximate surface area is 248 Å². The van der Waals surface area contributed by atoms with E-state index in [9.17, 15) is 0 Å². The first kappa shape index (κ1) is 28.4. The highest BCUT2D eigenvalue weighted by molar-refractivity contribution is 7.79. The highest BCUT2D eigenvalue weighted by atomic mass is 31.1. The van der Waals surface area contributed by atoms with Gasteiger partial charge in [-0.1, -0.05) is 117 Å². The maximum absolute atomic E-state index is 6.36. The summed E-state index contributed by atoms with van der Waals surface area (Å²) in [5.74, 6) is 2.20. The molecule has 0 spiro atoms. The van der Waals surface area contributed by atoms with Gasteiger partial charge in [0.2, 0.25) is 0 Å². The molecule has 3 aliphatic carbocycles. The summed E-state index contributed by atoms with van der Waals surface area (Å²) in [5.41, 5.74) is 4.31. The lowest BCUT2D eigenvalue weighted by Crippen LogP contribution is -2.32. The highest BCUT2D eigenvalue weighted by Gasteiger charge is 2.37. The van der Waals surface area contributed by atoms with E-state index in [1.165, 1.54) is 91.3 Å². The minimum absolute atomic E-state index is 0.00663. The largest absolute Gasteiger partial charge is 0.496 e. The average molecular weight is 564 g/mol. The van der Waals surface area contributed by atoms with Crippen LogP contribution in [0.4, 0.5) is 0 Å². The van der Waals surface area contributed by atoms with E-state index in [-0.39, 0.29) is 12.0 Å². The van der Waals surface area contributed by atoms with Crippen LogP contribution in [0, 0.1) is 17.9 Å². The fraction of sp³-hybridized carbons (Fsp3) is 0.421. The minimum Gasteiger partial charge on any atom is -0.496 e. The van der Waals surface area contributed by atoms with Gasteiger partial charge in [-0.3, -0.25) is 0 Å². The zero-order valence-electron chi connectivity index (χ0n) is 24.7. The molecule has 1 radical (unpaired) electrons. The summed E-state index contributed by atoms with van der Waals surface area (Å²) < 4.78 is 12.5. The molecule has 6 rings (SSSR count). The van der Waals surface area contributed by atoms with E-state index in [0.717, 1.165) is 5.75 Å². The zero-order chi connectivity index (χ0) is 28.0. The molecule has 2 atom stereocenters. The van der Waals surface area contributed by atoms with Crippen molar-refractivity contribution in [3.63, 3.8) is 0 Å². The van der Waals surface area contributed by atoms with Crippen LogP contribution in [-0.2, 0) is 4.74 Å². The predicted molar refractivity (Wildman–Crippen MR) is 173 cm³/mol. The second-order valence-electron chi connectivity index (χ2n) is 11.9. The normalized spacial score (nSPS) is 22.3. The van der Waals surface area contributed by atoms with Crippen LogP contribution in [-0.4, -0.2) is 20.3 Å². The maximum atomic E-state index is 6.36. The number of ether oxygens (including phenoxy) is 2. The van der Waals surface area contributed by atoms with Gasteiger partial charge in [0.05, 0.1) is 13.2 Å². The van der Waals surface area contributed by atoms with Gasteiger partial charge in [-0.05, 0) is 84.6 Å². The van der Waals surface area contributed by atoms with Gasteiger partial charge >= 0.3 is 0 Å². The van der Waals surface area contributed by atoms with Gasteiger partial charge in [0.15, 0.2) is 0 Å². The lowest BCUT2D eigenvalue weighted by Gasteiger charge is -2.38. The summed E-state index contributed by atoms with van der Waals surface area (Å²) in [4.78, 5) is 0. The van der Waals surface area contributed by atoms with Crippen LogP contribution in [0.25, 0.3) is 0 Å². The van der Waals surface area contributed by atoms with E-state index < -0.39 is 7.92 Å². The Kier molecular flexibility index (Phi) is 9.39.